The van der Waals surface area contributed by atoms with E-state index in [9.17, 15) is 9.59 Å². The molecule has 0 spiro atoms. The molecule has 1 aromatic carbocycles. The van der Waals surface area contributed by atoms with Gasteiger partial charge in [-0.3, -0.25) is 14.5 Å². The Morgan fingerprint density at radius 3 is 2.66 bits per heavy atom. The number of amides is 2. The van der Waals surface area contributed by atoms with Crippen LogP contribution in [-0.2, 0) is 11.3 Å². The van der Waals surface area contributed by atoms with E-state index in [0.717, 1.165) is 44.9 Å². The second-order valence-corrected chi connectivity index (χ2v) is 7.20. The van der Waals surface area contributed by atoms with Crippen molar-refractivity contribution in [3.8, 4) is 5.75 Å². The monoisotopic (exact) mass is 399 g/mol. The Labute approximate surface area is 171 Å². The number of carbonyl (C=O) groups excluding carboxylic acids is 2. The van der Waals surface area contributed by atoms with Gasteiger partial charge in [-0.2, -0.15) is 0 Å². The minimum atomic E-state index is -0.244. The van der Waals surface area contributed by atoms with E-state index in [1.54, 1.807) is 19.2 Å². The van der Waals surface area contributed by atoms with E-state index in [2.05, 4.69) is 22.3 Å². The Morgan fingerprint density at radius 2 is 1.93 bits per heavy atom. The number of carbonyl (C=O) groups is 2. The van der Waals surface area contributed by atoms with Crippen molar-refractivity contribution in [2.45, 2.75) is 25.8 Å². The highest BCUT2D eigenvalue weighted by Gasteiger charge is 2.19. The molecule has 1 aromatic heterocycles. The van der Waals surface area contributed by atoms with E-state index < -0.39 is 0 Å². The second-order valence-electron chi connectivity index (χ2n) is 7.20. The number of rotatable bonds is 8. The third-order valence-corrected chi connectivity index (χ3v) is 5.10. The van der Waals surface area contributed by atoms with Crippen LogP contribution in [0.1, 0.15) is 35.4 Å². The van der Waals surface area contributed by atoms with Crippen LogP contribution >= 0.6 is 0 Å². The molecule has 1 aliphatic heterocycles. The number of benzene rings is 1. The van der Waals surface area contributed by atoms with Crippen LogP contribution < -0.4 is 10.1 Å². The zero-order chi connectivity index (χ0) is 20.5. The van der Waals surface area contributed by atoms with Gasteiger partial charge in [-0.1, -0.05) is 12.1 Å². The summed E-state index contributed by atoms with van der Waals surface area (Å²) >= 11 is 0. The Bertz CT molecular complexity index is 774. The van der Waals surface area contributed by atoms with Gasteiger partial charge < -0.3 is 19.4 Å². The van der Waals surface area contributed by atoms with Crippen molar-refractivity contribution < 1.29 is 18.7 Å². The maximum absolute atomic E-state index is 12.5. The number of hydrogen-bond donors (Lipinski definition) is 1. The van der Waals surface area contributed by atoms with Crippen molar-refractivity contribution in [1.29, 1.82) is 0 Å². The van der Waals surface area contributed by atoms with Crippen LogP contribution in [0.3, 0.4) is 0 Å². The van der Waals surface area contributed by atoms with Crippen molar-refractivity contribution >= 4 is 11.8 Å². The van der Waals surface area contributed by atoms with Crippen molar-refractivity contribution in [2.75, 3.05) is 39.8 Å². The molecule has 2 amide bonds. The highest BCUT2D eigenvalue weighted by atomic mass is 16.5. The number of furan rings is 1. The third-order valence-electron chi connectivity index (χ3n) is 5.10. The zero-order valence-corrected chi connectivity index (χ0v) is 16.9. The summed E-state index contributed by atoms with van der Waals surface area (Å²) in [4.78, 5) is 28.7. The molecule has 1 N–H and O–H groups in total. The summed E-state index contributed by atoms with van der Waals surface area (Å²) in [6.07, 6.45) is 3.50. The Morgan fingerprint density at radius 1 is 1.10 bits per heavy atom. The quantitative estimate of drug-likeness (QED) is 0.691. The molecule has 29 heavy (non-hydrogen) atoms. The number of nitrogens with zero attached hydrogens (tertiary/aromatic N) is 2. The van der Waals surface area contributed by atoms with Gasteiger partial charge >= 0.3 is 0 Å². The number of nitrogens with one attached hydrogen (secondary N) is 1. The molecule has 3 rings (SSSR count). The lowest BCUT2D eigenvalue weighted by Gasteiger charge is -2.22. The lowest BCUT2D eigenvalue weighted by atomic mass is 10.2. The summed E-state index contributed by atoms with van der Waals surface area (Å²) in [6.45, 7) is 4.72. The van der Waals surface area contributed by atoms with E-state index in [-0.39, 0.29) is 11.8 Å². The minimum absolute atomic E-state index is 0.156. The highest BCUT2D eigenvalue weighted by molar-refractivity contribution is 5.91. The van der Waals surface area contributed by atoms with Gasteiger partial charge in [0, 0.05) is 45.7 Å². The Kier molecular flexibility index (Phi) is 7.69. The second kappa shape index (κ2) is 10.7. The molecule has 0 bridgehead atoms. The number of methoxy groups -OCH3 is 1. The first-order valence-corrected chi connectivity index (χ1v) is 10.1. The zero-order valence-electron chi connectivity index (χ0n) is 16.9. The Hall–Kier alpha value is -2.80. The van der Waals surface area contributed by atoms with Gasteiger partial charge in [0.05, 0.1) is 13.4 Å². The summed E-state index contributed by atoms with van der Waals surface area (Å²) in [6, 6.07) is 11.4. The first-order valence-electron chi connectivity index (χ1n) is 10.1. The first-order chi connectivity index (χ1) is 14.2. The van der Waals surface area contributed by atoms with Crippen LogP contribution in [0.25, 0.3) is 0 Å². The van der Waals surface area contributed by atoms with E-state index in [1.165, 1.54) is 11.8 Å². The molecule has 2 aromatic rings. The number of hydrogen-bond acceptors (Lipinski definition) is 5. The van der Waals surface area contributed by atoms with Gasteiger partial charge in [0.1, 0.15) is 5.75 Å². The molecule has 0 aliphatic carbocycles. The predicted molar refractivity (Wildman–Crippen MR) is 110 cm³/mol. The largest absolute Gasteiger partial charge is 0.497 e. The van der Waals surface area contributed by atoms with E-state index in [4.69, 9.17) is 9.15 Å². The average molecular weight is 399 g/mol. The predicted octanol–water partition coefficient (Wildman–Crippen LogP) is 2.53. The molecule has 0 saturated carbocycles. The summed E-state index contributed by atoms with van der Waals surface area (Å²) in [7, 11) is 1.67. The molecule has 0 unspecified atom stereocenters. The molecule has 156 valence electrons. The van der Waals surface area contributed by atoms with Crippen LogP contribution in [0.5, 0.6) is 5.75 Å². The van der Waals surface area contributed by atoms with Crippen LogP contribution in [-0.4, -0.2) is 61.4 Å². The molecule has 2 heterocycles. The highest BCUT2D eigenvalue weighted by Crippen LogP contribution is 2.14. The normalized spacial score (nSPS) is 15.0. The lowest BCUT2D eigenvalue weighted by Crippen LogP contribution is -2.35. The summed E-state index contributed by atoms with van der Waals surface area (Å²) in [5.41, 5.74) is 1.25. The molecule has 7 heteroatoms. The van der Waals surface area contributed by atoms with Gasteiger partial charge in [-0.05, 0) is 42.7 Å². The maximum Gasteiger partial charge on any atom is 0.286 e. The van der Waals surface area contributed by atoms with Gasteiger partial charge in [0.2, 0.25) is 5.91 Å². The van der Waals surface area contributed by atoms with Gasteiger partial charge in [-0.15, -0.1) is 0 Å². The van der Waals surface area contributed by atoms with E-state index >= 15 is 0 Å². The van der Waals surface area contributed by atoms with Crippen molar-refractivity contribution in [3.63, 3.8) is 0 Å². The topological polar surface area (TPSA) is 75.0 Å². The van der Waals surface area contributed by atoms with Gasteiger partial charge in [0.25, 0.3) is 5.91 Å². The summed E-state index contributed by atoms with van der Waals surface area (Å²) < 4.78 is 10.3. The average Bonchev–Trinajstić information content (AvgIpc) is 3.19. The van der Waals surface area contributed by atoms with Gasteiger partial charge in [0.15, 0.2) is 5.76 Å². The van der Waals surface area contributed by atoms with Crippen molar-refractivity contribution in [1.82, 2.24) is 15.1 Å². The summed E-state index contributed by atoms with van der Waals surface area (Å²) in [5, 5.41) is 2.78. The van der Waals surface area contributed by atoms with Crippen molar-refractivity contribution in [3.05, 3.63) is 54.0 Å². The number of ether oxygens (including phenoxy) is 1. The molecule has 7 nitrogen and oxygen atoms in total. The fraction of sp³-hybridized carbons (Fsp3) is 0.455. The van der Waals surface area contributed by atoms with Crippen molar-refractivity contribution in [2.24, 2.45) is 0 Å². The minimum Gasteiger partial charge on any atom is -0.497 e. The van der Waals surface area contributed by atoms with Gasteiger partial charge in [-0.25, -0.2) is 0 Å². The Balaban J connectivity index is 1.36. The van der Waals surface area contributed by atoms with Crippen LogP contribution in [0, 0.1) is 0 Å². The molecule has 1 aliphatic rings. The van der Waals surface area contributed by atoms with Crippen LogP contribution in [0.2, 0.25) is 0 Å². The molecule has 0 radical (unpaired) electrons. The maximum atomic E-state index is 12.5. The molecule has 1 fully saturated rings. The third kappa shape index (κ3) is 6.35. The molecule has 1 saturated heterocycles. The molecule has 0 atom stereocenters. The van der Waals surface area contributed by atoms with Crippen LogP contribution in [0.4, 0.5) is 0 Å². The fourth-order valence-electron chi connectivity index (χ4n) is 3.46. The lowest BCUT2D eigenvalue weighted by molar-refractivity contribution is -0.131. The SMILES string of the molecule is COc1ccc(CN2CCCN(C(=O)CCCNC(=O)c3ccco3)CC2)cc1. The first kappa shape index (κ1) is 20.9. The molecular weight excluding hydrogens is 370 g/mol. The fourth-order valence-corrected chi connectivity index (χ4v) is 3.46. The van der Waals surface area contributed by atoms with Crippen LogP contribution in [0.15, 0.2) is 47.1 Å². The smallest absolute Gasteiger partial charge is 0.286 e. The van der Waals surface area contributed by atoms with E-state index in [0.29, 0.717) is 25.1 Å². The van der Waals surface area contributed by atoms with E-state index in [1.807, 2.05) is 17.0 Å². The standard InChI is InChI=1S/C22H29N3O4/c1-28-19-9-7-18(8-10-19)17-24-12-4-13-25(15-14-24)21(26)6-2-11-23-22(27)20-5-3-16-29-20/h3,5,7-10,16H,2,4,6,11-15,17H2,1H3,(H,23,27). The summed E-state index contributed by atoms with van der Waals surface area (Å²) in [5.74, 6) is 1.07. The molecular formula is C22H29N3O4.